The predicted molar refractivity (Wildman–Crippen MR) is 38.8 cm³/mol. The average Bonchev–Trinajstić information content (AvgIpc) is 2.31. The molecule has 55 valence electrons. The number of imidazole rings is 1. The fraction of sp³-hybridized carbons (Fsp3) is 0. The molecule has 2 heterocycles. The molecule has 4 N–H and O–H groups in total. The van der Waals surface area contributed by atoms with E-state index in [1.165, 1.54) is 6.34 Å². The second kappa shape index (κ2) is 1.82. The third-order valence-corrected chi connectivity index (χ3v) is 1.31. The highest BCUT2D eigenvalue weighted by molar-refractivity contribution is 6.05. The summed E-state index contributed by atoms with van der Waals surface area (Å²) in [5.41, 5.74) is 5.90. The Morgan fingerprint density at radius 2 is 2.45 bits per heavy atom. The van der Waals surface area contributed by atoms with Crippen LogP contribution >= 0.6 is 0 Å². The number of nitrogens with zero attached hydrogens (tertiary/aromatic N) is 3. The smallest absolute Gasteiger partial charge is 0.370 e. The van der Waals surface area contributed by atoms with Gasteiger partial charge in [-0.1, -0.05) is 9.98 Å². The monoisotopic (exact) mass is 151 g/mol. The zero-order valence-electron chi connectivity index (χ0n) is 5.44. The maximum absolute atomic E-state index is 8.89. The van der Waals surface area contributed by atoms with Crippen LogP contribution in [0.25, 0.3) is 0 Å². The van der Waals surface area contributed by atoms with Crippen molar-refractivity contribution >= 4 is 18.0 Å². The van der Waals surface area contributed by atoms with Gasteiger partial charge in [-0.15, -0.1) is 0 Å². The highest BCUT2D eigenvalue weighted by atomic mass is 16.3. The van der Waals surface area contributed by atoms with E-state index in [1.54, 1.807) is 0 Å². The third-order valence-electron chi connectivity index (χ3n) is 1.31. The van der Waals surface area contributed by atoms with Crippen LogP contribution in [0.1, 0.15) is 5.69 Å². The van der Waals surface area contributed by atoms with Crippen molar-refractivity contribution in [3.8, 4) is 6.01 Å². The molecule has 6 heteroatoms. The minimum atomic E-state index is -0.202. The van der Waals surface area contributed by atoms with Crippen LogP contribution in [0.15, 0.2) is 4.99 Å². The van der Waals surface area contributed by atoms with Crippen molar-refractivity contribution in [3.63, 3.8) is 0 Å². The first-order valence-electron chi connectivity index (χ1n) is 2.92. The molecule has 2 rings (SSSR count). The Balaban J connectivity index is 2.66. The molecule has 1 radical (unpaired) electrons. The van der Waals surface area contributed by atoms with E-state index in [9.17, 15) is 0 Å². The van der Waals surface area contributed by atoms with E-state index in [1.807, 2.05) is 0 Å². The molecule has 0 bridgehead atoms. The molecule has 0 aromatic carbocycles. The van der Waals surface area contributed by atoms with Crippen molar-refractivity contribution in [2.75, 3.05) is 0 Å². The number of nitrogens with one attached hydrogen (secondary N) is 1. The quantitative estimate of drug-likeness (QED) is 0.435. The average molecular weight is 151 g/mol. The molecule has 0 aliphatic carbocycles. The minimum absolute atomic E-state index is 0.202. The summed E-state index contributed by atoms with van der Waals surface area (Å²) >= 11 is 0. The van der Waals surface area contributed by atoms with Crippen LogP contribution in [0.2, 0.25) is 0 Å². The standard InChI is InChI=1S/C5H5N5O/c6-3-2-4(8-1-7-3)10-5(11)9-2/h1H,(H2,6,7)(H2,9,10,11)/q+1. The maximum atomic E-state index is 8.89. The second-order valence-corrected chi connectivity index (χ2v) is 2.02. The van der Waals surface area contributed by atoms with Crippen molar-refractivity contribution in [1.29, 1.82) is 0 Å². The number of amidine groups is 1. The van der Waals surface area contributed by atoms with Crippen molar-refractivity contribution in [2.24, 2.45) is 10.7 Å². The van der Waals surface area contributed by atoms with Gasteiger partial charge in [0.05, 0.1) is 0 Å². The molecule has 0 saturated heterocycles. The number of fused-ring (bicyclic) bond motifs is 1. The van der Waals surface area contributed by atoms with Gasteiger partial charge in [0.1, 0.15) is 0 Å². The SMILES string of the molecule is NC1=NC=[N+]c2nc(O)[nH]c21. The molecule has 11 heavy (non-hydrogen) atoms. The van der Waals surface area contributed by atoms with Crippen molar-refractivity contribution in [3.05, 3.63) is 5.69 Å². The normalized spacial score (nSPS) is 14.4. The van der Waals surface area contributed by atoms with Crippen LogP contribution in [-0.2, 0) is 0 Å². The van der Waals surface area contributed by atoms with Gasteiger partial charge in [-0.3, -0.25) is 4.98 Å². The van der Waals surface area contributed by atoms with E-state index < -0.39 is 0 Å². The Kier molecular flexibility index (Phi) is 0.974. The van der Waals surface area contributed by atoms with Gasteiger partial charge < -0.3 is 10.8 Å². The van der Waals surface area contributed by atoms with E-state index >= 15 is 0 Å². The molecule has 0 saturated carbocycles. The number of nitrogens with two attached hydrogens (primary N) is 1. The molecule has 0 atom stereocenters. The molecular weight excluding hydrogens is 146 g/mol. The number of aromatic nitrogens is 2. The lowest BCUT2D eigenvalue weighted by molar-refractivity contribution is 0.436. The predicted octanol–water partition coefficient (Wildman–Crippen LogP) is -1.17. The molecular formula is C5H5N5O+. The highest BCUT2D eigenvalue weighted by Gasteiger charge is 2.23. The molecule has 1 aliphatic rings. The van der Waals surface area contributed by atoms with Gasteiger partial charge in [-0.05, 0) is 4.98 Å². The van der Waals surface area contributed by atoms with Crippen molar-refractivity contribution in [2.45, 2.75) is 0 Å². The van der Waals surface area contributed by atoms with Crippen molar-refractivity contribution < 1.29 is 5.11 Å². The van der Waals surface area contributed by atoms with E-state index in [4.69, 9.17) is 10.8 Å². The van der Waals surface area contributed by atoms with Gasteiger partial charge >= 0.3 is 11.8 Å². The number of rotatable bonds is 0. The lowest BCUT2D eigenvalue weighted by Crippen LogP contribution is -2.18. The zero-order valence-corrected chi connectivity index (χ0v) is 5.44. The summed E-state index contributed by atoms with van der Waals surface area (Å²) in [6.45, 7) is 0. The summed E-state index contributed by atoms with van der Waals surface area (Å²) in [4.78, 5) is 13.6. The zero-order chi connectivity index (χ0) is 7.84. The van der Waals surface area contributed by atoms with Crippen LogP contribution in [0.3, 0.4) is 0 Å². The Bertz CT molecular complexity index is 350. The lowest BCUT2D eigenvalue weighted by atomic mass is 10.4. The van der Waals surface area contributed by atoms with Crippen LogP contribution < -0.4 is 10.7 Å². The summed E-state index contributed by atoms with van der Waals surface area (Å²) in [6, 6.07) is -0.202. The number of aromatic hydroxyl groups is 1. The molecule has 0 amide bonds. The Morgan fingerprint density at radius 1 is 1.64 bits per heavy atom. The molecule has 0 unspecified atom stereocenters. The molecule has 0 fully saturated rings. The largest absolute Gasteiger partial charge is 0.468 e. The number of aromatic amines is 1. The second-order valence-electron chi connectivity index (χ2n) is 2.02. The summed E-state index contributed by atoms with van der Waals surface area (Å²) in [7, 11) is 0. The van der Waals surface area contributed by atoms with Gasteiger partial charge in [-0.2, -0.15) is 0 Å². The van der Waals surface area contributed by atoms with E-state index in [0.29, 0.717) is 11.5 Å². The lowest BCUT2D eigenvalue weighted by Gasteiger charge is -1.89. The summed E-state index contributed by atoms with van der Waals surface area (Å²) < 4.78 is 0. The first kappa shape index (κ1) is 5.90. The van der Waals surface area contributed by atoms with Crippen LogP contribution in [0, 0.1) is 0 Å². The van der Waals surface area contributed by atoms with E-state index in [0.717, 1.165) is 0 Å². The van der Waals surface area contributed by atoms with E-state index in [-0.39, 0.29) is 11.8 Å². The van der Waals surface area contributed by atoms with Gasteiger partial charge in [0.25, 0.3) is 6.34 Å². The minimum Gasteiger partial charge on any atom is -0.468 e. The third kappa shape index (κ3) is 0.759. The summed E-state index contributed by atoms with van der Waals surface area (Å²) in [6.07, 6.45) is 1.29. The van der Waals surface area contributed by atoms with E-state index in [2.05, 4.69) is 20.0 Å². The van der Waals surface area contributed by atoms with Gasteiger partial charge in [0.15, 0.2) is 5.69 Å². The molecule has 6 nitrogen and oxygen atoms in total. The summed E-state index contributed by atoms with van der Waals surface area (Å²) in [5, 5.41) is 8.89. The van der Waals surface area contributed by atoms with Gasteiger partial charge in [-0.25, -0.2) is 0 Å². The number of aliphatic imine (C=N–C) groups is 2. The number of H-pyrrole nitrogens is 1. The van der Waals surface area contributed by atoms with Crippen molar-refractivity contribution in [1.82, 2.24) is 15.0 Å². The van der Waals surface area contributed by atoms with Crippen LogP contribution in [0.4, 0.5) is 5.82 Å². The maximum Gasteiger partial charge on any atom is 0.370 e. The topological polar surface area (TPSA) is 101 Å². The van der Waals surface area contributed by atoms with Gasteiger partial charge in [0, 0.05) is 0 Å². The Labute approximate surface area is 61.5 Å². The molecule has 1 aromatic rings. The molecule has 0 spiro atoms. The Hall–Kier alpha value is -1.85. The summed E-state index contributed by atoms with van der Waals surface area (Å²) in [5.74, 6) is 0.651. The first-order chi connectivity index (χ1) is 5.27. The number of hydrogen-bond acceptors (Lipinski definition) is 5. The number of hydrogen-bond donors (Lipinski definition) is 3. The van der Waals surface area contributed by atoms with Crippen LogP contribution in [0.5, 0.6) is 6.01 Å². The van der Waals surface area contributed by atoms with Gasteiger partial charge in [0.2, 0.25) is 5.84 Å². The first-order valence-corrected chi connectivity index (χ1v) is 2.92. The highest BCUT2D eigenvalue weighted by Crippen LogP contribution is 2.15. The fourth-order valence-electron chi connectivity index (χ4n) is 0.834. The van der Waals surface area contributed by atoms with Crippen LogP contribution in [-0.4, -0.2) is 27.2 Å². The molecule has 1 aliphatic heterocycles. The fourth-order valence-corrected chi connectivity index (χ4v) is 0.834. The molecule has 1 aromatic heterocycles. The Morgan fingerprint density at radius 3 is 3.18 bits per heavy atom.